The molecule has 5 heterocycles. The van der Waals surface area contributed by atoms with E-state index in [2.05, 4.69) is 30.5 Å². The summed E-state index contributed by atoms with van der Waals surface area (Å²) >= 11 is 0. The Morgan fingerprint density at radius 2 is 1.85 bits per heavy atom. The van der Waals surface area contributed by atoms with Gasteiger partial charge in [-0.15, -0.1) is 0 Å². The maximum absolute atomic E-state index is 14.2. The average Bonchev–Trinajstić information content (AvgIpc) is 3.51. The summed E-state index contributed by atoms with van der Waals surface area (Å²) < 4.78 is 14.2. The highest BCUT2D eigenvalue weighted by Crippen LogP contribution is 2.34. The van der Waals surface area contributed by atoms with E-state index >= 15 is 0 Å². The van der Waals surface area contributed by atoms with Crippen LogP contribution in [0.2, 0.25) is 0 Å². The lowest BCUT2D eigenvalue weighted by atomic mass is 9.95. The largest absolute Gasteiger partial charge is 0.338 e. The summed E-state index contributed by atoms with van der Waals surface area (Å²) in [5.74, 6) is -0.376. The van der Waals surface area contributed by atoms with Crippen LogP contribution in [0.15, 0.2) is 67.1 Å². The zero-order valence-corrected chi connectivity index (χ0v) is 21.9. The topological polar surface area (TPSA) is 112 Å². The quantitative estimate of drug-likeness (QED) is 0.241. The van der Waals surface area contributed by atoms with Crippen molar-refractivity contribution in [2.75, 3.05) is 5.32 Å². The number of aryl methyl sites for hydroxylation is 1. The van der Waals surface area contributed by atoms with Crippen molar-refractivity contribution < 1.29 is 9.18 Å². The molecular formula is C30H26FN7O. The Bertz CT molecular complexity index is 1860. The van der Waals surface area contributed by atoms with Crippen molar-refractivity contribution in [3.63, 3.8) is 0 Å². The summed E-state index contributed by atoms with van der Waals surface area (Å²) in [6, 6.07) is 14.5. The zero-order valence-electron chi connectivity index (χ0n) is 21.9. The molecule has 0 bridgehead atoms. The second-order valence-corrected chi connectivity index (χ2v) is 10.7. The number of amides is 1. The number of carbonyl (C=O) groups is 1. The van der Waals surface area contributed by atoms with Gasteiger partial charge in [-0.2, -0.15) is 5.10 Å². The van der Waals surface area contributed by atoms with Gasteiger partial charge in [-0.3, -0.25) is 14.9 Å². The Labute approximate surface area is 223 Å². The molecule has 1 amide bonds. The maximum atomic E-state index is 14.2. The first-order valence-corrected chi connectivity index (χ1v) is 12.5. The van der Waals surface area contributed by atoms with Crippen molar-refractivity contribution in [1.82, 2.24) is 30.1 Å². The van der Waals surface area contributed by atoms with Crippen LogP contribution >= 0.6 is 0 Å². The van der Waals surface area contributed by atoms with Crippen LogP contribution in [-0.4, -0.2) is 36.0 Å². The van der Waals surface area contributed by atoms with Gasteiger partial charge in [-0.1, -0.05) is 26.8 Å². The third kappa shape index (κ3) is 4.63. The van der Waals surface area contributed by atoms with E-state index in [1.54, 1.807) is 18.6 Å². The first-order valence-electron chi connectivity index (χ1n) is 12.5. The lowest BCUT2D eigenvalue weighted by Crippen LogP contribution is -2.27. The van der Waals surface area contributed by atoms with Crippen LogP contribution in [0.3, 0.4) is 0 Å². The molecule has 1 aromatic carbocycles. The van der Waals surface area contributed by atoms with Gasteiger partial charge in [0.15, 0.2) is 0 Å². The predicted molar refractivity (Wildman–Crippen MR) is 150 cm³/mol. The van der Waals surface area contributed by atoms with E-state index in [0.29, 0.717) is 28.2 Å². The molecule has 6 rings (SSSR count). The van der Waals surface area contributed by atoms with E-state index in [-0.39, 0.29) is 11.7 Å². The number of aromatic nitrogens is 6. The summed E-state index contributed by atoms with van der Waals surface area (Å²) in [4.78, 5) is 29.5. The standard InChI is InChI=1S/C30H26FN7O/c1-16-9-17(11-19(31)10-16)21-7-8-33-28-22(21)13-25(36-28)27-26-24(37-38-27)6-5-23(35-26)18-12-20(15-32-14-18)34-29(39)30(2,3)4/h5-15H,1-4H3,(H,33,36)(H,34,39)(H,37,38). The smallest absolute Gasteiger partial charge is 0.229 e. The van der Waals surface area contributed by atoms with Crippen LogP contribution < -0.4 is 5.32 Å². The van der Waals surface area contributed by atoms with Crippen LogP contribution in [0.4, 0.5) is 10.1 Å². The molecule has 0 aliphatic heterocycles. The van der Waals surface area contributed by atoms with Crippen LogP contribution in [0, 0.1) is 18.2 Å². The lowest BCUT2D eigenvalue weighted by Gasteiger charge is -2.17. The number of hydrogen-bond acceptors (Lipinski definition) is 5. The number of anilines is 1. The van der Waals surface area contributed by atoms with Crippen molar-refractivity contribution in [2.24, 2.45) is 5.41 Å². The summed E-state index contributed by atoms with van der Waals surface area (Å²) in [6.07, 6.45) is 5.03. The number of fused-ring (bicyclic) bond motifs is 2. The van der Waals surface area contributed by atoms with Gasteiger partial charge in [-0.25, -0.2) is 14.4 Å². The molecule has 6 aromatic rings. The van der Waals surface area contributed by atoms with Crippen molar-refractivity contribution in [1.29, 1.82) is 0 Å². The highest BCUT2D eigenvalue weighted by atomic mass is 19.1. The molecule has 0 atom stereocenters. The number of H-pyrrole nitrogens is 2. The van der Waals surface area contributed by atoms with Crippen LogP contribution in [-0.2, 0) is 4.79 Å². The molecule has 5 aromatic heterocycles. The molecule has 39 heavy (non-hydrogen) atoms. The molecule has 9 heteroatoms. The van der Waals surface area contributed by atoms with E-state index in [0.717, 1.165) is 38.9 Å². The highest BCUT2D eigenvalue weighted by Gasteiger charge is 2.21. The predicted octanol–water partition coefficient (Wildman–Crippen LogP) is 6.66. The van der Waals surface area contributed by atoms with E-state index < -0.39 is 5.41 Å². The number of aromatic amines is 2. The van der Waals surface area contributed by atoms with Gasteiger partial charge in [0, 0.05) is 28.8 Å². The molecule has 0 radical (unpaired) electrons. The highest BCUT2D eigenvalue weighted by molar-refractivity contribution is 5.99. The second-order valence-electron chi connectivity index (χ2n) is 10.7. The van der Waals surface area contributed by atoms with Gasteiger partial charge in [0.05, 0.1) is 28.8 Å². The summed E-state index contributed by atoms with van der Waals surface area (Å²) in [7, 11) is 0. The Kier molecular flexibility index (Phi) is 5.71. The maximum Gasteiger partial charge on any atom is 0.229 e. The average molecular weight is 520 g/mol. The number of pyridine rings is 3. The Hall–Kier alpha value is -4.92. The minimum absolute atomic E-state index is 0.0952. The third-order valence-corrected chi connectivity index (χ3v) is 6.52. The van der Waals surface area contributed by atoms with Gasteiger partial charge in [0.2, 0.25) is 5.91 Å². The molecule has 8 nitrogen and oxygen atoms in total. The van der Waals surface area contributed by atoms with Crippen LogP contribution in [0.1, 0.15) is 26.3 Å². The van der Waals surface area contributed by atoms with Gasteiger partial charge >= 0.3 is 0 Å². The van der Waals surface area contributed by atoms with Crippen molar-refractivity contribution in [2.45, 2.75) is 27.7 Å². The van der Waals surface area contributed by atoms with Crippen LogP contribution in [0.5, 0.6) is 0 Å². The van der Waals surface area contributed by atoms with Gasteiger partial charge in [0.25, 0.3) is 0 Å². The Morgan fingerprint density at radius 1 is 1.00 bits per heavy atom. The zero-order chi connectivity index (χ0) is 27.3. The van der Waals surface area contributed by atoms with E-state index in [1.165, 1.54) is 12.1 Å². The number of nitrogens with zero attached hydrogens (tertiary/aromatic N) is 4. The molecular weight excluding hydrogens is 493 g/mol. The summed E-state index contributed by atoms with van der Waals surface area (Å²) in [5, 5.41) is 11.4. The first kappa shape index (κ1) is 24.4. The number of hydrogen-bond donors (Lipinski definition) is 3. The minimum atomic E-state index is -0.527. The van der Waals surface area contributed by atoms with Gasteiger partial charge < -0.3 is 10.3 Å². The number of halogens is 1. The normalized spacial score (nSPS) is 11.8. The minimum Gasteiger partial charge on any atom is -0.338 e. The fraction of sp³-hybridized carbons (Fsp3) is 0.167. The van der Waals surface area contributed by atoms with Gasteiger partial charge in [0.1, 0.15) is 22.7 Å². The third-order valence-electron chi connectivity index (χ3n) is 6.52. The van der Waals surface area contributed by atoms with Crippen molar-refractivity contribution >= 4 is 33.7 Å². The first-order chi connectivity index (χ1) is 18.7. The second kappa shape index (κ2) is 9.13. The molecule has 194 valence electrons. The molecule has 0 saturated carbocycles. The Balaban J connectivity index is 1.41. The van der Waals surface area contributed by atoms with Crippen molar-refractivity contribution in [3.8, 4) is 33.8 Å². The molecule has 0 fully saturated rings. The molecule has 0 aliphatic rings. The molecule has 0 saturated heterocycles. The lowest BCUT2D eigenvalue weighted by molar-refractivity contribution is -0.123. The van der Waals surface area contributed by atoms with E-state index in [9.17, 15) is 9.18 Å². The molecule has 0 aliphatic carbocycles. The van der Waals surface area contributed by atoms with Gasteiger partial charge in [-0.05, 0) is 66.1 Å². The summed E-state index contributed by atoms with van der Waals surface area (Å²) in [6.45, 7) is 7.45. The molecule has 3 N–H and O–H groups in total. The van der Waals surface area contributed by atoms with E-state index in [1.807, 2.05) is 64.1 Å². The monoisotopic (exact) mass is 519 g/mol. The SMILES string of the molecule is Cc1cc(F)cc(-c2ccnc3[nH]c(-c4n[nH]c5ccc(-c6cncc(NC(=O)C(C)(C)C)c6)nc45)cc23)c1. The van der Waals surface area contributed by atoms with E-state index in [4.69, 9.17) is 4.98 Å². The fourth-order valence-corrected chi connectivity index (χ4v) is 4.51. The molecule has 0 spiro atoms. The Morgan fingerprint density at radius 3 is 2.64 bits per heavy atom. The fourth-order valence-electron chi connectivity index (χ4n) is 4.51. The number of carbonyl (C=O) groups excluding carboxylic acids is 1. The van der Waals surface area contributed by atoms with Crippen molar-refractivity contribution in [3.05, 3.63) is 78.5 Å². The number of rotatable bonds is 4. The molecule has 0 unspecified atom stereocenters. The number of benzene rings is 1. The number of nitrogens with one attached hydrogen (secondary N) is 3. The summed E-state index contributed by atoms with van der Waals surface area (Å²) in [5.41, 5.74) is 7.51. The van der Waals surface area contributed by atoms with Crippen LogP contribution in [0.25, 0.3) is 55.8 Å².